The molecule has 10 heteroatoms. The van der Waals surface area contributed by atoms with Crippen molar-refractivity contribution in [1.82, 2.24) is 4.90 Å². The van der Waals surface area contributed by atoms with Crippen LogP contribution < -0.4 is 10.1 Å². The van der Waals surface area contributed by atoms with Crippen LogP contribution in [0.15, 0.2) is 71.6 Å². The van der Waals surface area contributed by atoms with Gasteiger partial charge in [0.2, 0.25) is 5.91 Å². The van der Waals surface area contributed by atoms with E-state index in [4.69, 9.17) is 39.5 Å². The summed E-state index contributed by atoms with van der Waals surface area (Å²) >= 11 is 19.0. The van der Waals surface area contributed by atoms with Gasteiger partial charge in [0.25, 0.3) is 11.1 Å². The third-order valence-electron chi connectivity index (χ3n) is 4.93. The number of hydrogen-bond donors (Lipinski definition) is 1. The quantitative estimate of drug-likeness (QED) is 0.326. The van der Waals surface area contributed by atoms with Crippen LogP contribution in [0.2, 0.25) is 15.1 Å². The zero-order valence-corrected chi connectivity index (χ0v) is 21.0. The second kappa shape index (κ2) is 11.2. The van der Waals surface area contributed by atoms with Crippen LogP contribution in [0.5, 0.6) is 5.75 Å². The molecule has 0 bridgehead atoms. The second-order valence-corrected chi connectivity index (χ2v) is 9.60. The maximum absolute atomic E-state index is 12.9. The van der Waals surface area contributed by atoms with E-state index in [9.17, 15) is 14.4 Å². The summed E-state index contributed by atoms with van der Waals surface area (Å²) in [5.74, 6) is -0.600. The molecule has 0 unspecified atom stereocenters. The molecular formula is C25H17Cl3N2O4S. The highest BCUT2D eigenvalue weighted by molar-refractivity contribution is 8.18. The fourth-order valence-electron chi connectivity index (χ4n) is 3.20. The molecule has 3 aromatic carbocycles. The molecule has 35 heavy (non-hydrogen) atoms. The number of para-hydroxylation sites is 2. The third-order valence-corrected chi connectivity index (χ3v) is 6.75. The number of hydrogen-bond acceptors (Lipinski definition) is 5. The summed E-state index contributed by atoms with van der Waals surface area (Å²) in [5.41, 5.74) is 1.74. The summed E-state index contributed by atoms with van der Waals surface area (Å²) in [7, 11) is 0. The Hall–Kier alpha value is -2.97. The van der Waals surface area contributed by atoms with Gasteiger partial charge < -0.3 is 10.1 Å². The number of amides is 3. The number of nitrogens with one attached hydrogen (secondary N) is 1. The normalized spacial score (nSPS) is 14.5. The van der Waals surface area contributed by atoms with E-state index >= 15 is 0 Å². The fourth-order valence-corrected chi connectivity index (χ4v) is 4.67. The minimum absolute atomic E-state index is 0.182. The molecule has 0 saturated carbocycles. The van der Waals surface area contributed by atoms with Crippen molar-refractivity contribution in [1.29, 1.82) is 0 Å². The van der Waals surface area contributed by atoms with Gasteiger partial charge >= 0.3 is 0 Å². The molecule has 0 aromatic heterocycles. The van der Waals surface area contributed by atoms with Crippen LogP contribution in [-0.2, 0) is 16.2 Å². The van der Waals surface area contributed by atoms with Crippen molar-refractivity contribution in [2.75, 3.05) is 11.9 Å². The molecule has 6 nitrogen and oxygen atoms in total. The molecule has 1 aliphatic rings. The van der Waals surface area contributed by atoms with Crippen molar-refractivity contribution < 1.29 is 19.1 Å². The van der Waals surface area contributed by atoms with E-state index in [0.717, 1.165) is 22.2 Å². The first kappa shape index (κ1) is 25.1. The number of rotatable bonds is 7. The van der Waals surface area contributed by atoms with Crippen LogP contribution in [0.25, 0.3) is 6.08 Å². The van der Waals surface area contributed by atoms with Gasteiger partial charge in [-0.25, -0.2) is 0 Å². The van der Waals surface area contributed by atoms with Gasteiger partial charge in [0, 0.05) is 21.2 Å². The first-order chi connectivity index (χ1) is 16.8. The fraction of sp³-hybridized carbons (Fsp3) is 0.0800. The second-order valence-electron chi connectivity index (χ2n) is 7.36. The van der Waals surface area contributed by atoms with Gasteiger partial charge in [-0.05, 0) is 48.2 Å². The zero-order valence-electron chi connectivity index (χ0n) is 18.0. The standard InChI is InChI=1S/C25H17Cl3N2O4S/c26-17-10-9-16(19(28)12-17)14-34-21-8-4-1-5-15(21)11-22-24(32)30(25(33)35-22)13-23(31)29-20-7-3-2-6-18(20)27/h1-12H,13-14H2,(H,29,31)/b22-11+. The van der Waals surface area contributed by atoms with Crippen molar-refractivity contribution in [3.05, 3.63) is 97.8 Å². The topological polar surface area (TPSA) is 75.7 Å². The Bertz CT molecular complexity index is 1350. The number of carbonyl (C=O) groups is 3. The molecule has 178 valence electrons. The maximum atomic E-state index is 12.9. The number of nitrogens with zero attached hydrogens (tertiary/aromatic N) is 1. The van der Waals surface area contributed by atoms with E-state index in [0.29, 0.717) is 32.1 Å². The van der Waals surface area contributed by atoms with Gasteiger partial charge in [-0.2, -0.15) is 0 Å². The molecule has 4 rings (SSSR count). The largest absolute Gasteiger partial charge is 0.488 e. The molecule has 1 fully saturated rings. The molecule has 0 aliphatic carbocycles. The van der Waals surface area contributed by atoms with E-state index in [1.165, 1.54) is 0 Å². The Labute approximate surface area is 220 Å². The summed E-state index contributed by atoms with van der Waals surface area (Å²) in [5, 5.41) is 3.42. The highest BCUT2D eigenvalue weighted by atomic mass is 35.5. The predicted molar refractivity (Wildman–Crippen MR) is 140 cm³/mol. The number of thioether (sulfide) groups is 1. The summed E-state index contributed by atoms with van der Waals surface area (Å²) in [6, 6.07) is 18.9. The van der Waals surface area contributed by atoms with Gasteiger partial charge in [-0.3, -0.25) is 19.3 Å². The molecular weight excluding hydrogens is 531 g/mol. The van der Waals surface area contributed by atoms with E-state index in [1.54, 1.807) is 72.8 Å². The first-order valence-corrected chi connectivity index (χ1v) is 12.2. The Kier molecular flexibility index (Phi) is 8.03. The van der Waals surface area contributed by atoms with E-state index < -0.39 is 23.6 Å². The van der Waals surface area contributed by atoms with Gasteiger partial charge in [0.05, 0.1) is 15.6 Å². The monoisotopic (exact) mass is 546 g/mol. The Morgan fingerprint density at radius 1 is 0.971 bits per heavy atom. The molecule has 1 saturated heterocycles. The average molecular weight is 548 g/mol. The van der Waals surface area contributed by atoms with E-state index in [-0.39, 0.29) is 11.5 Å². The van der Waals surface area contributed by atoms with Gasteiger partial charge in [-0.15, -0.1) is 0 Å². The molecule has 1 N–H and O–H groups in total. The maximum Gasteiger partial charge on any atom is 0.294 e. The average Bonchev–Trinajstić information content (AvgIpc) is 3.08. The highest BCUT2D eigenvalue weighted by Gasteiger charge is 2.36. The molecule has 3 amide bonds. The molecule has 1 heterocycles. The summed E-state index contributed by atoms with van der Waals surface area (Å²) < 4.78 is 5.92. The van der Waals surface area contributed by atoms with E-state index in [2.05, 4.69) is 5.32 Å². The smallest absolute Gasteiger partial charge is 0.294 e. The SMILES string of the molecule is O=C(CN1C(=O)S/C(=C/c2ccccc2OCc2ccc(Cl)cc2Cl)C1=O)Nc1ccccc1Cl. The van der Waals surface area contributed by atoms with Crippen LogP contribution >= 0.6 is 46.6 Å². The lowest BCUT2D eigenvalue weighted by molar-refractivity contribution is -0.127. The van der Waals surface area contributed by atoms with Crippen molar-refractivity contribution in [2.45, 2.75) is 6.61 Å². The van der Waals surface area contributed by atoms with Crippen LogP contribution in [0.4, 0.5) is 10.5 Å². The van der Waals surface area contributed by atoms with Crippen molar-refractivity contribution in [3.63, 3.8) is 0 Å². The number of carbonyl (C=O) groups excluding carboxylic acids is 3. The van der Waals surface area contributed by atoms with Gasteiger partial charge in [0.1, 0.15) is 18.9 Å². The molecule has 0 spiro atoms. The predicted octanol–water partition coefficient (Wildman–Crippen LogP) is 6.90. The number of anilines is 1. The molecule has 0 radical (unpaired) electrons. The number of ether oxygens (including phenoxy) is 1. The number of imide groups is 1. The lowest BCUT2D eigenvalue weighted by Crippen LogP contribution is -2.36. The summed E-state index contributed by atoms with van der Waals surface area (Å²) in [4.78, 5) is 38.8. The number of benzene rings is 3. The summed E-state index contributed by atoms with van der Waals surface area (Å²) in [6.45, 7) is -0.245. The van der Waals surface area contributed by atoms with Crippen LogP contribution in [0.3, 0.4) is 0 Å². The van der Waals surface area contributed by atoms with Gasteiger partial charge in [-0.1, -0.05) is 71.2 Å². The zero-order chi connectivity index (χ0) is 24.9. The summed E-state index contributed by atoms with van der Waals surface area (Å²) in [6.07, 6.45) is 1.57. The molecule has 0 atom stereocenters. The molecule has 3 aromatic rings. The number of halogens is 3. The molecule has 1 aliphatic heterocycles. The Morgan fingerprint density at radius 2 is 1.71 bits per heavy atom. The van der Waals surface area contributed by atoms with Crippen molar-refractivity contribution in [3.8, 4) is 5.75 Å². The Balaban J connectivity index is 1.46. The third kappa shape index (κ3) is 6.18. The minimum Gasteiger partial charge on any atom is -0.488 e. The van der Waals surface area contributed by atoms with Crippen LogP contribution in [0, 0.1) is 0 Å². The minimum atomic E-state index is -0.565. The first-order valence-electron chi connectivity index (χ1n) is 10.3. The van der Waals surface area contributed by atoms with Crippen LogP contribution in [-0.4, -0.2) is 28.5 Å². The van der Waals surface area contributed by atoms with Gasteiger partial charge in [0.15, 0.2) is 0 Å². The lowest BCUT2D eigenvalue weighted by Gasteiger charge is -2.13. The highest BCUT2D eigenvalue weighted by Crippen LogP contribution is 2.34. The lowest BCUT2D eigenvalue weighted by atomic mass is 10.1. The van der Waals surface area contributed by atoms with Crippen LogP contribution in [0.1, 0.15) is 11.1 Å². The van der Waals surface area contributed by atoms with E-state index in [1.807, 2.05) is 0 Å². The van der Waals surface area contributed by atoms with Crippen molar-refractivity contribution >= 4 is 75.4 Å². The van der Waals surface area contributed by atoms with Crippen molar-refractivity contribution in [2.24, 2.45) is 0 Å². The Morgan fingerprint density at radius 3 is 2.49 bits per heavy atom.